The first-order valence-electron chi connectivity index (χ1n) is 14.6. The summed E-state index contributed by atoms with van der Waals surface area (Å²) in [6.07, 6.45) is 6.68. The van der Waals surface area contributed by atoms with Gasteiger partial charge in [0.2, 0.25) is 10.0 Å². The van der Waals surface area contributed by atoms with Crippen molar-refractivity contribution in [1.29, 1.82) is 0 Å². The topological polar surface area (TPSA) is 126 Å². The molecule has 11 nitrogen and oxygen atoms in total. The van der Waals surface area contributed by atoms with Crippen LogP contribution in [-0.2, 0) is 19.6 Å². The molecule has 4 heterocycles. The zero-order valence-corrected chi connectivity index (χ0v) is 26.8. The van der Waals surface area contributed by atoms with Crippen LogP contribution in [0.25, 0.3) is 5.65 Å². The molecule has 1 amide bonds. The molecule has 2 aromatic heterocycles. The highest BCUT2D eigenvalue weighted by atomic mass is 35.5. The molecule has 2 fully saturated rings. The van der Waals surface area contributed by atoms with Gasteiger partial charge in [0.25, 0.3) is 5.91 Å². The van der Waals surface area contributed by atoms with Crippen molar-refractivity contribution in [2.24, 2.45) is 5.92 Å². The van der Waals surface area contributed by atoms with E-state index >= 15 is 0 Å². The minimum absolute atomic E-state index is 0.165. The molecular formula is C30H39ClN6O5S. The predicted molar refractivity (Wildman–Crippen MR) is 166 cm³/mol. The van der Waals surface area contributed by atoms with Crippen LogP contribution in [0, 0.1) is 12.8 Å². The van der Waals surface area contributed by atoms with Crippen LogP contribution in [0.4, 0.5) is 11.5 Å². The van der Waals surface area contributed by atoms with Crippen molar-refractivity contribution < 1.29 is 22.7 Å². The van der Waals surface area contributed by atoms with E-state index in [9.17, 15) is 18.0 Å². The lowest BCUT2D eigenvalue weighted by Crippen LogP contribution is -2.47. The van der Waals surface area contributed by atoms with Gasteiger partial charge in [0, 0.05) is 48.9 Å². The molecule has 0 spiro atoms. The van der Waals surface area contributed by atoms with Gasteiger partial charge in [0.15, 0.2) is 5.65 Å². The number of piperidine rings is 1. The molecule has 1 atom stereocenters. The van der Waals surface area contributed by atoms with Crippen LogP contribution in [0.3, 0.4) is 0 Å². The first-order chi connectivity index (χ1) is 20.2. The van der Waals surface area contributed by atoms with Gasteiger partial charge >= 0.3 is 5.97 Å². The first-order valence-corrected chi connectivity index (χ1v) is 16.9. The lowest BCUT2D eigenvalue weighted by molar-refractivity contribution is -0.155. The Labute approximate surface area is 257 Å². The summed E-state index contributed by atoms with van der Waals surface area (Å²) in [5.74, 6) is 0.820. The monoisotopic (exact) mass is 630 g/mol. The van der Waals surface area contributed by atoms with Crippen molar-refractivity contribution in [3.05, 3.63) is 52.3 Å². The number of anilines is 2. The van der Waals surface area contributed by atoms with E-state index in [4.69, 9.17) is 26.4 Å². The average Bonchev–Trinajstić information content (AvgIpc) is 3.29. The summed E-state index contributed by atoms with van der Waals surface area (Å²) in [6, 6.07) is 6.18. The SMILES string of the molecule is Cc1cn2nc([C@@H]3CCCCN3C(=O)c3cc(Cl)ccc3NS(C)(=O)=O)cc2nc1N1CC(CCC(=O)OC(C)(C)C)C1. The summed E-state index contributed by atoms with van der Waals surface area (Å²) in [4.78, 5) is 34.8. The Morgan fingerprint density at radius 2 is 1.91 bits per heavy atom. The maximum atomic E-state index is 13.8. The van der Waals surface area contributed by atoms with Gasteiger partial charge in [-0.2, -0.15) is 5.10 Å². The Morgan fingerprint density at radius 3 is 2.60 bits per heavy atom. The number of nitrogens with zero attached hydrogens (tertiary/aromatic N) is 5. The van der Waals surface area contributed by atoms with Crippen LogP contribution in [0.2, 0.25) is 5.02 Å². The highest BCUT2D eigenvalue weighted by Gasteiger charge is 2.33. The molecule has 0 saturated carbocycles. The van der Waals surface area contributed by atoms with Gasteiger partial charge in [0.1, 0.15) is 11.4 Å². The largest absolute Gasteiger partial charge is 0.460 e. The van der Waals surface area contributed by atoms with Gasteiger partial charge in [-0.05, 0) is 77.5 Å². The van der Waals surface area contributed by atoms with Crippen LogP contribution >= 0.6 is 11.6 Å². The number of hydrogen-bond acceptors (Lipinski definition) is 8. The molecule has 2 saturated heterocycles. The second kappa shape index (κ2) is 12.0. The summed E-state index contributed by atoms with van der Waals surface area (Å²) in [6.45, 7) is 9.79. The van der Waals surface area contributed by atoms with E-state index < -0.39 is 15.6 Å². The number of benzene rings is 1. The van der Waals surface area contributed by atoms with Gasteiger partial charge in [-0.15, -0.1) is 0 Å². The van der Waals surface area contributed by atoms with Crippen molar-refractivity contribution in [1.82, 2.24) is 19.5 Å². The van der Waals surface area contributed by atoms with E-state index in [1.54, 1.807) is 15.5 Å². The van der Waals surface area contributed by atoms with E-state index in [2.05, 4.69) is 9.62 Å². The number of likely N-dealkylation sites (tertiary alicyclic amines) is 1. The number of nitrogens with one attached hydrogen (secondary N) is 1. The fourth-order valence-electron chi connectivity index (χ4n) is 5.76. The molecule has 13 heteroatoms. The smallest absolute Gasteiger partial charge is 0.306 e. The number of halogens is 1. The maximum Gasteiger partial charge on any atom is 0.306 e. The number of ether oxygens (including phenoxy) is 1. The highest BCUT2D eigenvalue weighted by molar-refractivity contribution is 7.92. The predicted octanol–water partition coefficient (Wildman–Crippen LogP) is 4.99. The van der Waals surface area contributed by atoms with Gasteiger partial charge in [-0.25, -0.2) is 17.9 Å². The number of aryl methyl sites for hydroxylation is 1. The molecule has 3 aromatic rings. The fourth-order valence-corrected chi connectivity index (χ4v) is 6.51. The van der Waals surface area contributed by atoms with E-state index in [0.29, 0.717) is 29.6 Å². The maximum absolute atomic E-state index is 13.8. The summed E-state index contributed by atoms with van der Waals surface area (Å²) >= 11 is 6.22. The Bertz CT molecular complexity index is 1640. The summed E-state index contributed by atoms with van der Waals surface area (Å²) < 4.78 is 33.6. The van der Waals surface area contributed by atoms with Crippen molar-refractivity contribution in [3.8, 4) is 0 Å². The second-order valence-corrected chi connectivity index (χ2v) is 14.8. The van der Waals surface area contributed by atoms with E-state index in [1.165, 1.54) is 12.1 Å². The number of aromatic nitrogens is 3. The number of carbonyl (C=O) groups is 2. The number of sulfonamides is 1. The number of hydrogen-bond donors (Lipinski definition) is 1. The minimum atomic E-state index is -3.60. The molecule has 0 radical (unpaired) electrons. The van der Waals surface area contributed by atoms with E-state index in [1.807, 2.05) is 40.0 Å². The summed E-state index contributed by atoms with van der Waals surface area (Å²) in [5.41, 5.74) is 2.32. The molecule has 0 aliphatic carbocycles. The normalized spacial score (nSPS) is 18.0. The molecule has 43 heavy (non-hydrogen) atoms. The molecule has 2 aliphatic heterocycles. The molecular weight excluding hydrogens is 592 g/mol. The van der Waals surface area contributed by atoms with Crippen molar-refractivity contribution in [3.63, 3.8) is 0 Å². The van der Waals surface area contributed by atoms with Crippen LogP contribution in [-0.4, -0.2) is 71.3 Å². The third-order valence-electron chi connectivity index (χ3n) is 7.67. The molecule has 1 aromatic carbocycles. The number of rotatable bonds is 8. The van der Waals surface area contributed by atoms with Gasteiger partial charge < -0.3 is 14.5 Å². The van der Waals surface area contributed by atoms with Gasteiger partial charge in [0.05, 0.1) is 29.2 Å². The first kappa shape index (κ1) is 31.1. The highest BCUT2D eigenvalue weighted by Crippen LogP contribution is 2.35. The number of amides is 1. The third-order valence-corrected chi connectivity index (χ3v) is 8.50. The zero-order chi connectivity index (χ0) is 31.1. The fraction of sp³-hybridized carbons (Fsp3) is 0.533. The second-order valence-electron chi connectivity index (χ2n) is 12.6. The van der Waals surface area contributed by atoms with Crippen LogP contribution < -0.4 is 9.62 Å². The third kappa shape index (κ3) is 7.41. The van der Waals surface area contributed by atoms with Crippen LogP contribution in [0.1, 0.15) is 80.5 Å². The Kier molecular flexibility index (Phi) is 8.63. The lowest BCUT2D eigenvalue weighted by atomic mass is 9.94. The lowest BCUT2D eigenvalue weighted by Gasteiger charge is -2.41. The van der Waals surface area contributed by atoms with Gasteiger partial charge in [-0.3, -0.25) is 14.3 Å². The molecule has 2 aliphatic rings. The number of esters is 1. The van der Waals surface area contributed by atoms with E-state index in [-0.39, 0.29) is 29.2 Å². The number of carbonyl (C=O) groups excluding carboxylic acids is 2. The summed E-state index contributed by atoms with van der Waals surface area (Å²) in [5, 5.41) is 5.15. The zero-order valence-electron chi connectivity index (χ0n) is 25.3. The van der Waals surface area contributed by atoms with Gasteiger partial charge in [-0.1, -0.05) is 11.6 Å². The minimum Gasteiger partial charge on any atom is -0.460 e. The number of fused-ring (bicyclic) bond motifs is 1. The molecule has 5 rings (SSSR count). The standard InChI is InChI=1S/C30H39ClN6O5S/c1-19-16-37-26(32-28(19)35-17-20(18-35)9-12-27(38)42-30(2,3)4)15-24(33-37)25-8-6-7-13-36(25)29(39)22-14-21(31)10-11-23(22)34-43(5,40)41/h10-11,14-16,20,25,34H,6-9,12-13,17-18H2,1-5H3/t25-/m0/s1. The van der Waals surface area contributed by atoms with E-state index in [0.717, 1.165) is 62.1 Å². The Hall–Kier alpha value is -3.38. The quantitative estimate of drug-likeness (QED) is 0.345. The van der Waals surface area contributed by atoms with Crippen molar-refractivity contribution in [2.75, 3.05) is 35.5 Å². The molecule has 0 unspecified atom stereocenters. The molecule has 0 bridgehead atoms. The Balaban J connectivity index is 1.32. The van der Waals surface area contributed by atoms with Crippen molar-refractivity contribution in [2.45, 2.75) is 71.4 Å². The average molecular weight is 631 g/mol. The van der Waals surface area contributed by atoms with Crippen LogP contribution in [0.15, 0.2) is 30.5 Å². The Morgan fingerprint density at radius 1 is 1.16 bits per heavy atom. The molecule has 1 N–H and O–H groups in total. The van der Waals surface area contributed by atoms with Crippen molar-refractivity contribution >= 4 is 50.7 Å². The van der Waals surface area contributed by atoms with Crippen LogP contribution in [0.5, 0.6) is 0 Å². The summed E-state index contributed by atoms with van der Waals surface area (Å²) in [7, 11) is -3.60. The molecule has 232 valence electrons.